The molecule has 1 aromatic heterocycles. The van der Waals surface area contributed by atoms with Crippen LogP contribution < -0.4 is 0 Å². The fourth-order valence-corrected chi connectivity index (χ4v) is 5.61. The summed E-state index contributed by atoms with van der Waals surface area (Å²) in [6.45, 7) is 4.99. The summed E-state index contributed by atoms with van der Waals surface area (Å²) < 4.78 is 15.6. The van der Waals surface area contributed by atoms with E-state index in [1.54, 1.807) is 24.1 Å². The number of amidine groups is 1. The topological polar surface area (TPSA) is 114 Å². The number of ether oxygens (including phenoxy) is 2. The molecule has 40 heavy (non-hydrogen) atoms. The van der Waals surface area contributed by atoms with Crippen molar-refractivity contribution in [3.63, 3.8) is 0 Å². The van der Waals surface area contributed by atoms with Crippen LogP contribution in [0.4, 0.5) is 0 Å². The minimum absolute atomic E-state index is 0.198. The van der Waals surface area contributed by atoms with Crippen molar-refractivity contribution in [3.8, 4) is 0 Å². The number of fused-ring (bicyclic) bond motifs is 1. The Balaban J connectivity index is 1.34. The molecule has 0 saturated carbocycles. The molecule has 0 bridgehead atoms. The van der Waals surface area contributed by atoms with Crippen molar-refractivity contribution in [2.45, 2.75) is 38.1 Å². The second-order valence-corrected chi connectivity index (χ2v) is 10.00. The summed E-state index contributed by atoms with van der Waals surface area (Å²) in [6, 6.07) is 15.5. The third-order valence-corrected chi connectivity index (χ3v) is 7.67. The second kappa shape index (κ2) is 12.3. The Hall–Kier alpha value is -4.25. The molecule has 1 unspecified atom stereocenters. The lowest BCUT2D eigenvalue weighted by Crippen LogP contribution is -2.52. The highest BCUT2D eigenvalue weighted by atomic mass is 16.6. The van der Waals surface area contributed by atoms with Crippen LogP contribution in [0.5, 0.6) is 0 Å². The van der Waals surface area contributed by atoms with E-state index in [-0.39, 0.29) is 6.02 Å². The smallest absolute Gasteiger partial charge is 0.338 e. The van der Waals surface area contributed by atoms with Crippen LogP contribution in [0.25, 0.3) is 11.0 Å². The van der Waals surface area contributed by atoms with E-state index in [2.05, 4.69) is 50.5 Å². The minimum Gasteiger partial charge on any atom is -0.467 e. The van der Waals surface area contributed by atoms with Crippen LogP contribution in [0.15, 0.2) is 69.4 Å². The third-order valence-electron chi connectivity index (χ3n) is 7.67. The number of rotatable bonds is 9. The highest BCUT2D eigenvalue weighted by molar-refractivity contribution is 5.94. The molecule has 2 aromatic carbocycles. The van der Waals surface area contributed by atoms with Gasteiger partial charge < -0.3 is 14.4 Å². The summed E-state index contributed by atoms with van der Waals surface area (Å²) in [5, 5.41) is 11.0. The van der Waals surface area contributed by atoms with Crippen LogP contribution in [0.1, 0.15) is 49.3 Å². The highest BCUT2D eigenvalue weighted by Gasteiger charge is 2.40. The normalized spacial score (nSPS) is 18.5. The molecule has 5 rings (SSSR count). The van der Waals surface area contributed by atoms with Crippen molar-refractivity contribution in [1.29, 1.82) is 0 Å². The van der Waals surface area contributed by atoms with E-state index in [1.807, 2.05) is 6.07 Å². The number of allylic oxidation sites excluding steroid dienone is 1. The van der Waals surface area contributed by atoms with Gasteiger partial charge in [0.2, 0.25) is 6.41 Å². The van der Waals surface area contributed by atoms with Crippen molar-refractivity contribution in [2.24, 2.45) is 4.99 Å². The zero-order valence-electron chi connectivity index (χ0n) is 23.0. The predicted octanol–water partition coefficient (Wildman–Crippen LogP) is 3.67. The Kier molecular flexibility index (Phi) is 8.40. The van der Waals surface area contributed by atoms with Crippen LogP contribution in [-0.2, 0) is 19.1 Å². The van der Waals surface area contributed by atoms with E-state index in [0.717, 1.165) is 45.3 Å². The van der Waals surface area contributed by atoms with Gasteiger partial charge in [0.05, 0.1) is 25.5 Å². The fraction of sp³-hybridized carbons (Fsp3) is 0.414. The lowest BCUT2D eigenvalue weighted by Gasteiger charge is -2.42. The van der Waals surface area contributed by atoms with Crippen LogP contribution in [0.2, 0.25) is 0 Å². The monoisotopic (exact) mass is 546 g/mol. The first kappa shape index (κ1) is 27.3. The maximum absolute atomic E-state index is 13.0. The summed E-state index contributed by atoms with van der Waals surface area (Å²) in [5.74, 6) is 0.0412. The number of aliphatic imine (C=N–C) groups is 1. The van der Waals surface area contributed by atoms with Gasteiger partial charge in [0.1, 0.15) is 17.1 Å². The molecule has 1 amide bonds. The molecular formula is C29H34N6O5. The van der Waals surface area contributed by atoms with Gasteiger partial charge in [-0.3, -0.25) is 9.80 Å². The number of carbonyl (C=O) groups excluding carboxylic acids is 2. The van der Waals surface area contributed by atoms with Crippen molar-refractivity contribution < 1.29 is 23.7 Å². The number of nitrogens with zero attached hydrogens (tertiary/aromatic N) is 6. The molecular weight excluding hydrogens is 512 g/mol. The van der Waals surface area contributed by atoms with E-state index in [0.29, 0.717) is 40.3 Å². The minimum atomic E-state index is -0.743. The Labute approximate surface area is 233 Å². The van der Waals surface area contributed by atoms with Crippen molar-refractivity contribution in [1.82, 2.24) is 25.2 Å². The third kappa shape index (κ3) is 5.55. The zero-order chi connectivity index (χ0) is 28.1. The van der Waals surface area contributed by atoms with Crippen LogP contribution in [-0.4, -0.2) is 84.0 Å². The number of esters is 1. The van der Waals surface area contributed by atoms with Gasteiger partial charge >= 0.3 is 12.0 Å². The highest BCUT2D eigenvalue weighted by Crippen LogP contribution is 2.37. The lowest BCUT2D eigenvalue weighted by atomic mass is 9.89. The molecule has 0 N–H and O–H groups in total. The summed E-state index contributed by atoms with van der Waals surface area (Å²) in [7, 11) is 2.81. The van der Waals surface area contributed by atoms with Crippen molar-refractivity contribution in [3.05, 3.63) is 70.9 Å². The molecule has 2 aliphatic rings. The molecule has 210 valence electrons. The molecule has 1 atom stereocenters. The van der Waals surface area contributed by atoms with Gasteiger partial charge in [-0.25, -0.2) is 19.4 Å². The van der Waals surface area contributed by atoms with Gasteiger partial charge in [-0.05, 0) is 85.3 Å². The molecule has 0 radical (unpaired) electrons. The first-order chi connectivity index (χ1) is 19.5. The number of aromatic nitrogens is 2. The standard InChI is InChI=1S/C29H34N6O5/c1-20-26(28(37)38-2)27(23-10-11-24-25(18-23)32-40-31-24)35(29(30-20)39-3)34(19-36)15-7-14-33-16-12-22(13-17-33)21-8-5-4-6-9-21/h4-6,8-11,18-19,22,27H,7,12-17H2,1-3H3. The number of benzene rings is 2. The van der Waals surface area contributed by atoms with E-state index >= 15 is 0 Å². The first-order valence-electron chi connectivity index (χ1n) is 13.5. The second-order valence-electron chi connectivity index (χ2n) is 10.00. The molecule has 3 aromatic rings. The Bertz CT molecular complexity index is 1400. The number of likely N-dealkylation sites (tertiary alicyclic amines) is 1. The van der Waals surface area contributed by atoms with E-state index in [4.69, 9.17) is 14.1 Å². The summed E-state index contributed by atoms with van der Waals surface area (Å²) >= 11 is 0. The number of hydrazine groups is 1. The van der Waals surface area contributed by atoms with Gasteiger partial charge in [0.15, 0.2) is 0 Å². The number of hydrogen-bond acceptors (Lipinski definition) is 10. The number of piperidine rings is 1. The SMILES string of the molecule is COC(=O)C1=C(C)N=C(OC)N(N(C=O)CCCN2CCC(c3ccccc3)CC2)C1c1ccc2nonc2c1. The van der Waals surface area contributed by atoms with Crippen molar-refractivity contribution >= 4 is 29.4 Å². The van der Waals surface area contributed by atoms with E-state index in [9.17, 15) is 9.59 Å². The summed E-state index contributed by atoms with van der Waals surface area (Å²) in [4.78, 5) is 32.5. The molecule has 1 saturated heterocycles. The van der Waals surface area contributed by atoms with E-state index in [1.165, 1.54) is 24.8 Å². The first-order valence-corrected chi connectivity index (χ1v) is 13.5. The Morgan fingerprint density at radius 2 is 1.82 bits per heavy atom. The number of methoxy groups -OCH3 is 2. The van der Waals surface area contributed by atoms with Gasteiger partial charge in [0.25, 0.3) is 0 Å². The lowest BCUT2D eigenvalue weighted by molar-refractivity contribution is -0.140. The Morgan fingerprint density at radius 3 is 2.52 bits per heavy atom. The number of hydrogen-bond donors (Lipinski definition) is 0. The quantitative estimate of drug-likeness (QED) is 0.293. The number of carbonyl (C=O) groups is 2. The molecule has 1 fully saturated rings. The summed E-state index contributed by atoms with van der Waals surface area (Å²) in [5.41, 5.74) is 3.93. The molecule has 11 nitrogen and oxygen atoms in total. The molecule has 0 aliphatic carbocycles. The maximum Gasteiger partial charge on any atom is 0.338 e. The zero-order valence-corrected chi connectivity index (χ0v) is 23.0. The molecule has 0 spiro atoms. The molecule has 2 aliphatic heterocycles. The molecule has 11 heteroatoms. The van der Waals surface area contributed by atoms with Gasteiger partial charge in [0, 0.05) is 6.54 Å². The average molecular weight is 547 g/mol. The van der Waals surface area contributed by atoms with Crippen LogP contribution in [0, 0.1) is 0 Å². The largest absolute Gasteiger partial charge is 0.467 e. The van der Waals surface area contributed by atoms with E-state index < -0.39 is 12.0 Å². The predicted molar refractivity (Wildman–Crippen MR) is 148 cm³/mol. The average Bonchev–Trinajstić information content (AvgIpc) is 3.47. The Morgan fingerprint density at radius 1 is 1.07 bits per heavy atom. The summed E-state index contributed by atoms with van der Waals surface area (Å²) in [6.07, 6.45) is 3.70. The van der Waals surface area contributed by atoms with Crippen molar-refractivity contribution in [2.75, 3.05) is 40.4 Å². The van der Waals surface area contributed by atoms with Gasteiger partial charge in [-0.2, -0.15) is 0 Å². The fourth-order valence-electron chi connectivity index (χ4n) is 5.61. The van der Waals surface area contributed by atoms with Gasteiger partial charge in [-0.1, -0.05) is 36.4 Å². The molecule has 3 heterocycles. The van der Waals surface area contributed by atoms with Crippen LogP contribution in [0.3, 0.4) is 0 Å². The maximum atomic E-state index is 13.0. The van der Waals surface area contributed by atoms with Crippen LogP contribution >= 0.6 is 0 Å². The number of amides is 1. The van der Waals surface area contributed by atoms with Gasteiger partial charge in [-0.15, -0.1) is 0 Å².